The quantitative estimate of drug-likeness (QED) is 0.728. The SMILES string of the molecule is CC(C)(C)c1cnn(CC(N)=O)c1. The molecule has 0 unspecified atom stereocenters. The summed E-state index contributed by atoms with van der Waals surface area (Å²) in [7, 11) is 0. The lowest BCUT2D eigenvalue weighted by molar-refractivity contribution is -0.118. The zero-order valence-corrected chi connectivity index (χ0v) is 8.24. The summed E-state index contributed by atoms with van der Waals surface area (Å²) in [5, 5.41) is 4.04. The molecule has 0 spiro atoms. The maximum Gasteiger partial charge on any atom is 0.239 e. The van der Waals surface area contributed by atoms with Crippen LogP contribution in [0.3, 0.4) is 0 Å². The van der Waals surface area contributed by atoms with Gasteiger partial charge in [-0.2, -0.15) is 5.10 Å². The molecule has 72 valence electrons. The molecular formula is C9H15N3O. The first-order valence-electron chi connectivity index (χ1n) is 4.21. The second kappa shape index (κ2) is 3.20. The third-order valence-corrected chi connectivity index (χ3v) is 1.82. The van der Waals surface area contributed by atoms with Gasteiger partial charge in [-0.15, -0.1) is 0 Å². The summed E-state index contributed by atoms with van der Waals surface area (Å²) in [4.78, 5) is 10.6. The van der Waals surface area contributed by atoms with Crippen LogP contribution < -0.4 is 5.73 Å². The highest BCUT2D eigenvalue weighted by Crippen LogP contribution is 2.20. The lowest BCUT2D eigenvalue weighted by Crippen LogP contribution is -2.19. The van der Waals surface area contributed by atoms with Gasteiger partial charge in [-0.1, -0.05) is 20.8 Å². The van der Waals surface area contributed by atoms with E-state index in [-0.39, 0.29) is 17.9 Å². The Labute approximate surface area is 77.7 Å². The van der Waals surface area contributed by atoms with Crippen LogP contribution in [0.15, 0.2) is 12.4 Å². The third kappa shape index (κ3) is 2.57. The van der Waals surface area contributed by atoms with Crippen molar-refractivity contribution in [1.29, 1.82) is 0 Å². The van der Waals surface area contributed by atoms with E-state index in [4.69, 9.17) is 5.73 Å². The predicted molar refractivity (Wildman–Crippen MR) is 50.1 cm³/mol. The van der Waals surface area contributed by atoms with Crippen molar-refractivity contribution >= 4 is 5.91 Å². The van der Waals surface area contributed by atoms with Crippen molar-refractivity contribution in [2.45, 2.75) is 32.7 Å². The van der Waals surface area contributed by atoms with E-state index >= 15 is 0 Å². The molecule has 1 aromatic heterocycles. The van der Waals surface area contributed by atoms with Crippen molar-refractivity contribution in [2.24, 2.45) is 5.73 Å². The van der Waals surface area contributed by atoms with E-state index in [1.807, 2.05) is 6.20 Å². The number of aromatic nitrogens is 2. The molecule has 2 N–H and O–H groups in total. The molecule has 0 aliphatic rings. The molecule has 1 aromatic rings. The largest absolute Gasteiger partial charge is 0.368 e. The first-order chi connectivity index (χ1) is 5.89. The second-order valence-corrected chi connectivity index (χ2v) is 4.14. The first-order valence-corrected chi connectivity index (χ1v) is 4.21. The number of carbonyl (C=O) groups is 1. The van der Waals surface area contributed by atoms with Gasteiger partial charge in [-0.05, 0) is 11.0 Å². The third-order valence-electron chi connectivity index (χ3n) is 1.82. The summed E-state index contributed by atoms with van der Waals surface area (Å²) in [6.07, 6.45) is 3.62. The summed E-state index contributed by atoms with van der Waals surface area (Å²) < 4.78 is 1.56. The summed E-state index contributed by atoms with van der Waals surface area (Å²) in [6, 6.07) is 0. The van der Waals surface area contributed by atoms with E-state index in [1.165, 1.54) is 0 Å². The van der Waals surface area contributed by atoms with E-state index in [0.717, 1.165) is 5.56 Å². The van der Waals surface area contributed by atoms with E-state index in [1.54, 1.807) is 10.9 Å². The van der Waals surface area contributed by atoms with Crippen LogP contribution in [0.25, 0.3) is 0 Å². The van der Waals surface area contributed by atoms with Crippen LogP contribution in [0.2, 0.25) is 0 Å². The molecule has 0 aliphatic heterocycles. The van der Waals surface area contributed by atoms with Gasteiger partial charge in [0.15, 0.2) is 0 Å². The molecule has 0 radical (unpaired) electrons. The normalized spacial score (nSPS) is 11.6. The van der Waals surface area contributed by atoms with Crippen LogP contribution in [0, 0.1) is 0 Å². The summed E-state index contributed by atoms with van der Waals surface area (Å²) in [5.74, 6) is -0.372. The Hall–Kier alpha value is -1.32. The van der Waals surface area contributed by atoms with Crippen molar-refractivity contribution in [2.75, 3.05) is 0 Å². The van der Waals surface area contributed by atoms with Crippen LogP contribution in [-0.2, 0) is 16.8 Å². The number of amides is 1. The molecular weight excluding hydrogens is 166 g/mol. The highest BCUT2D eigenvalue weighted by molar-refractivity contribution is 5.73. The van der Waals surface area contributed by atoms with E-state index in [9.17, 15) is 4.79 Å². The molecule has 0 aliphatic carbocycles. The Morgan fingerprint density at radius 1 is 1.62 bits per heavy atom. The molecule has 0 saturated heterocycles. The molecule has 4 heteroatoms. The molecule has 13 heavy (non-hydrogen) atoms. The van der Waals surface area contributed by atoms with Crippen LogP contribution in [0.5, 0.6) is 0 Å². The van der Waals surface area contributed by atoms with Gasteiger partial charge >= 0.3 is 0 Å². The van der Waals surface area contributed by atoms with Gasteiger partial charge in [0, 0.05) is 6.20 Å². The summed E-state index contributed by atoms with van der Waals surface area (Å²) in [5.41, 5.74) is 6.21. The summed E-state index contributed by atoms with van der Waals surface area (Å²) in [6.45, 7) is 6.44. The lowest BCUT2D eigenvalue weighted by atomic mass is 9.90. The minimum atomic E-state index is -0.372. The van der Waals surface area contributed by atoms with E-state index < -0.39 is 0 Å². The van der Waals surface area contributed by atoms with Crippen molar-refractivity contribution in [3.05, 3.63) is 18.0 Å². The maximum absolute atomic E-state index is 10.6. The van der Waals surface area contributed by atoms with Crippen LogP contribution in [0.4, 0.5) is 0 Å². The summed E-state index contributed by atoms with van der Waals surface area (Å²) >= 11 is 0. The van der Waals surface area contributed by atoms with Gasteiger partial charge in [0.1, 0.15) is 6.54 Å². The van der Waals surface area contributed by atoms with Gasteiger partial charge in [0.2, 0.25) is 5.91 Å². The zero-order valence-electron chi connectivity index (χ0n) is 8.24. The Bertz CT molecular complexity index is 309. The molecule has 4 nitrogen and oxygen atoms in total. The molecule has 1 rings (SSSR count). The van der Waals surface area contributed by atoms with E-state index in [2.05, 4.69) is 25.9 Å². The van der Waals surface area contributed by atoms with Crippen molar-refractivity contribution in [3.63, 3.8) is 0 Å². The van der Waals surface area contributed by atoms with Crippen molar-refractivity contribution in [1.82, 2.24) is 9.78 Å². The predicted octanol–water partition coefficient (Wildman–Crippen LogP) is 0.666. The fraction of sp³-hybridized carbons (Fsp3) is 0.556. The number of rotatable bonds is 2. The monoisotopic (exact) mass is 181 g/mol. The molecule has 0 aromatic carbocycles. The van der Waals surface area contributed by atoms with Crippen LogP contribution in [-0.4, -0.2) is 15.7 Å². The number of hydrogen-bond donors (Lipinski definition) is 1. The fourth-order valence-corrected chi connectivity index (χ4v) is 0.997. The van der Waals surface area contributed by atoms with Crippen molar-refractivity contribution < 1.29 is 4.79 Å². The molecule has 0 atom stereocenters. The molecule has 0 saturated carbocycles. The molecule has 0 fully saturated rings. The van der Waals surface area contributed by atoms with Gasteiger partial charge in [0.25, 0.3) is 0 Å². The smallest absolute Gasteiger partial charge is 0.239 e. The zero-order chi connectivity index (χ0) is 10.1. The van der Waals surface area contributed by atoms with Gasteiger partial charge < -0.3 is 5.73 Å². The lowest BCUT2D eigenvalue weighted by Gasteiger charge is -2.14. The number of hydrogen-bond acceptors (Lipinski definition) is 2. The number of nitrogens with two attached hydrogens (primary N) is 1. The minimum absolute atomic E-state index is 0.0654. The Balaban J connectivity index is 2.81. The Morgan fingerprint density at radius 3 is 2.62 bits per heavy atom. The average Bonchev–Trinajstić information content (AvgIpc) is 2.32. The van der Waals surface area contributed by atoms with E-state index in [0.29, 0.717) is 0 Å². The Morgan fingerprint density at radius 2 is 2.23 bits per heavy atom. The number of primary amides is 1. The average molecular weight is 181 g/mol. The van der Waals surface area contributed by atoms with Gasteiger partial charge in [-0.25, -0.2) is 0 Å². The standard InChI is InChI=1S/C9H15N3O/c1-9(2,3)7-4-11-12(5-7)6-8(10)13/h4-5H,6H2,1-3H3,(H2,10,13). The highest BCUT2D eigenvalue weighted by Gasteiger charge is 2.15. The number of carbonyl (C=O) groups excluding carboxylic acids is 1. The van der Waals surface area contributed by atoms with Crippen LogP contribution >= 0.6 is 0 Å². The maximum atomic E-state index is 10.6. The molecule has 1 heterocycles. The topological polar surface area (TPSA) is 60.9 Å². The number of nitrogens with zero attached hydrogens (tertiary/aromatic N) is 2. The Kier molecular flexibility index (Phi) is 2.40. The van der Waals surface area contributed by atoms with Gasteiger partial charge in [0.05, 0.1) is 6.20 Å². The van der Waals surface area contributed by atoms with Gasteiger partial charge in [-0.3, -0.25) is 9.48 Å². The van der Waals surface area contributed by atoms with Crippen molar-refractivity contribution in [3.8, 4) is 0 Å². The first kappa shape index (κ1) is 9.77. The van der Waals surface area contributed by atoms with Crippen LogP contribution in [0.1, 0.15) is 26.3 Å². The molecule has 1 amide bonds. The minimum Gasteiger partial charge on any atom is -0.368 e. The molecule has 0 bridgehead atoms. The highest BCUT2D eigenvalue weighted by atomic mass is 16.1. The fourth-order valence-electron chi connectivity index (χ4n) is 0.997. The second-order valence-electron chi connectivity index (χ2n) is 4.14.